The lowest BCUT2D eigenvalue weighted by Gasteiger charge is -2.34. The van der Waals surface area contributed by atoms with Crippen molar-refractivity contribution < 1.29 is 8.42 Å². The Hall–Kier alpha value is -1.07. The molecule has 1 aromatic carbocycles. The molecule has 2 N–H and O–H groups in total. The zero-order valence-corrected chi connectivity index (χ0v) is 11.9. The lowest BCUT2D eigenvalue weighted by molar-refractivity contribution is 0.585. The fourth-order valence-electron chi connectivity index (χ4n) is 2.40. The minimum atomic E-state index is -3.13. The number of fused-ring (bicyclic) bond motifs is 1. The second-order valence-corrected chi connectivity index (χ2v) is 7.17. The van der Waals surface area contributed by atoms with Crippen LogP contribution in [0.2, 0.25) is 0 Å². The molecule has 1 atom stereocenters. The van der Waals surface area contributed by atoms with Crippen molar-refractivity contribution in [2.24, 2.45) is 5.73 Å². The number of anilines is 1. The summed E-state index contributed by atoms with van der Waals surface area (Å²) in [5, 5.41) is 0. The van der Waals surface area contributed by atoms with E-state index in [0.29, 0.717) is 18.0 Å². The maximum Gasteiger partial charge on any atom is 0.182 e. The quantitative estimate of drug-likeness (QED) is 0.876. The van der Waals surface area contributed by atoms with Gasteiger partial charge in [-0.05, 0) is 38.0 Å². The third-order valence-corrected chi connectivity index (χ3v) is 5.17. The van der Waals surface area contributed by atoms with Gasteiger partial charge >= 0.3 is 0 Å². The van der Waals surface area contributed by atoms with Gasteiger partial charge in [0.15, 0.2) is 9.84 Å². The predicted molar refractivity (Wildman–Crippen MR) is 73.8 cm³/mol. The van der Waals surface area contributed by atoms with Gasteiger partial charge in [-0.2, -0.15) is 0 Å². The summed E-state index contributed by atoms with van der Waals surface area (Å²) in [7, 11) is -3.13. The topological polar surface area (TPSA) is 63.4 Å². The molecule has 0 saturated carbocycles. The van der Waals surface area contributed by atoms with Gasteiger partial charge in [0.25, 0.3) is 0 Å². The zero-order chi connectivity index (χ0) is 13.5. The van der Waals surface area contributed by atoms with Crippen LogP contribution in [-0.4, -0.2) is 33.3 Å². The first-order valence-corrected chi connectivity index (χ1v) is 7.81. The molecule has 1 aromatic rings. The third-order valence-electron chi connectivity index (χ3n) is 3.45. The van der Waals surface area contributed by atoms with Crippen LogP contribution in [0.25, 0.3) is 0 Å². The van der Waals surface area contributed by atoms with Crippen LogP contribution in [0.3, 0.4) is 0 Å². The lowest BCUT2D eigenvalue weighted by Crippen LogP contribution is -2.42. The van der Waals surface area contributed by atoms with E-state index in [1.54, 1.807) is 6.07 Å². The molecule has 4 nitrogen and oxygen atoms in total. The molecule has 0 fully saturated rings. The summed E-state index contributed by atoms with van der Waals surface area (Å²) in [6.07, 6.45) is 0. The maximum atomic E-state index is 12.1. The Morgan fingerprint density at radius 1 is 1.39 bits per heavy atom. The molecule has 18 heavy (non-hydrogen) atoms. The van der Waals surface area contributed by atoms with Crippen molar-refractivity contribution in [2.45, 2.75) is 31.7 Å². The van der Waals surface area contributed by atoms with Crippen LogP contribution in [0.4, 0.5) is 5.69 Å². The summed E-state index contributed by atoms with van der Waals surface area (Å²) >= 11 is 0. The summed E-state index contributed by atoms with van der Waals surface area (Å²) < 4.78 is 24.2. The van der Waals surface area contributed by atoms with Gasteiger partial charge in [-0.25, -0.2) is 8.42 Å². The Bertz CT molecular complexity index is 565. The van der Waals surface area contributed by atoms with E-state index in [0.717, 1.165) is 16.8 Å². The molecule has 0 aromatic heterocycles. The van der Waals surface area contributed by atoms with Crippen LogP contribution in [0, 0.1) is 13.8 Å². The summed E-state index contributed by atoms with van der Waals surface area (Å²) in [5.41, 5.74) is 8.84. The van der Waals surface area contributed by atoms with Crippen molar-refractivity contribution in [2.75, 3.05) is 23.7 Å². The molecule has 0 amide bonds. The zero-order valence-electron chi connectivity index (χ0n) is 11.1. The highest BCUT2D eigenvalue weighted by molar-refractivity contribution is 7.91. The molecular weight excluding hydrogens is 248 g/mol. The Kier molecular flexibility index (Phi) is 3.38. The largest absolute Gasteiger partial charge is 0.368 e. The number of rotatable bonds is 2. The second-order valence-electron chi connectivity index (χ2n) is 5.10. The van der Waals surface area contributed by atoms with Crippen LogP contribution in [0.15, 0.2) is 17.0 Å². The van der Waals surface area contributed by atoms with Crippen molar-refractivity contribution in [1.29, 1.82) is 0 Å². The van der Waals surface area contributed by atoms with E-state index in [2.05, 4.69) is 4.90 Å². The fourth-order valence-corrected chi connectivity index (χ4v) is 3.94. The van der Waals surface area contributed by atoms with Gasteiger partial charge < -0.3 is 10.6 Å². The van der Waals surface area contributed by atoms with Crippen LogP contribution < -0.4 is 10.6 Å². The van der Waals surface area contributed by atoms with Crippen molar-refractivity contribution in [3.63, 3.8) is 0 Å². The third kappa shape index (κ3) is 2.24. The number of hydrogen-bond acceptors (Lipinski definition) is 4. The summed E-state index contributed by atoms with van der Waals surface area (Å²) in [6.45, 7) is 7.13. The Labute approximate surface area is 109 Å². The van der Waals surface area contributed by atoms with E-state index in [1.807, 2.05) is 26.8 Å². The average molecular weight is 268 g/mol. The molecule has 1 aliphatic rings. The standard InChI is InChI=1S/C13H20N2O2S/c1-9-4-5-12-13(11(9)3)15(8-10(2)14)6-7-18(12,16)17/h4-5,10H,6-8,14H2,1-3H3. The number of nitrogens with zero attached hydrogens (tertiary/aromatic N) is 1. The molecule has 2 rings (SSSR count). The minimum Gasteiger partial charge on any atom is -0.368 e. The monoisotopic (exact) mass is 268 g/mol. The number of hydrogen-bond donors (Lipinski definition) is 1. The molecule has 0 radical (unpaired) electrons. The van der Waals surface area contributed by atoms with E-state index in [1.165, 1.54) is 0 Å². The molecule has 5 heteroatoms. The Morgan fingerprint density at radius 3 is 2.67 bits per heavy atom. The van der Waals surface area contributed by atoms with E-state index >= 15 is 0 Å². The Balaban J connectivity index is 2.60. The maximum absolute atomic E-state index is 12.1. The first kappa shape index (κ1) is 13.4. The molecular formula is C13H20N2O2S. The number of nitrogens with two attached hydrogens (primary N) is 1. The number of sulfone groups is 1. The second kappa shape index (κ2) is 4.55. The normalized spacial score (nSPS) is 19.4. The van der Waals surface area contributed by atoms with Crippen molar-refractivity contribution in [3.05, 3.63) is 23.3 Å². The molecule has 0 aliphatic carbocycles. The predicted octanol–water partition coefficient (Wildman–Crippen LogP) is 1.24. The molecule has 1 unspecified atom stereocenters. The SMILES string of the molecule is Cc1ccc2c(c1C)N(CC(C)N)CCS2(=O)=O. The molecule has 0 saturated heterocycles. The van der Waals surface area contributed by atoms with Gasteiger partial charge in [-0.15, -0.1) is 0 Å². The van der Waals surface area contributed by atoms with Crippen LogP contribution in [-0.2, 0) is 9.84 Å². The van der Waals surface area contributed by atoms with Gasteiger partial charge in [0, 0.05) is 19.1 Å². The average Bonchev–Trinajstić information content (AvgIpc) is 2.26. The highest BCUT2D eigenvalue weighted by Gasteiger charge is 2.30. The van der Waals surface area contributed by atoms with Crippen molar-refractivity contribution >= 4 is 15.5 Å². The van der Waals surface area contributed by atoms with Crippen molar-refractivity contribution in [3.8, 4) is 0 Å². The van der Waals surface area contributed by atoms with Crippen LogP contribution >= 0.6 is 0 Å². The summed E-state index contributed by atoms with van der Waals surface area (Å²) in [5.74, 6) is 0.176. The van der Waals surface area contributed by atoms with Crippen LogP contribution in [0.5, 0.6) is 0 Å². The summed E-state index contributed by atoms with van der Waals surface area (Å²) in [6, 6.07) is 3.63. The van der Waals surface area contributed by atoms with Gasteiger partial charge in [-0.3, -0.25) is 0 Å². The molecule has 100 valence electrons. The molecule has 0 bridgehead atoms. The van der Waals surface area contributed by atoms with Gasteiger partial charge in [-0.1, -0.05) is 6.07 Å². The minimum absolute atomic E-state index is 0.0265. The molecule has 1 aliphatic heterocycles. The lowest BCUT2D eigenvalue weighted by atomic mass is 10.1. The van der Waals surface area contributed by atoms with Gasteiger partial charge in [0.1, 0.15) is 0 Å². The van der Waals surface area contributed by atoms with Gasteiger partial charge in [0.05, 0.1) is 16.3 Å². The highest BCUT2D eigenvalue weighted by Crippen LogP contribution is 2.35. The molecule has 1 heterocycles. The first-order chi connectivity index (χ1) is 8.33. The van der Waals surface area contributed by atoms with E-state index in [4.69, 9.17) is 5.73 Å². The van der Waals surface area contributed by atoms with Crippen molar-refractivity contribution in [1.82, 2.24) is 0 Å². The van der Waals surface area contributed by atoms with E-state index < -0.39 is 9.84 Å². The number of benzene rings is 1. The summed E-state index contributed by atoms with van der Waals surface area (Å²) in [4.78, 5) is 2.56. The van der Waals surface area contributed by atoms with E-state index in [-0.39, 0.29) is 11.8 Å². The van der Waals surface area contributed by atoms with Crippen LogP contribution in [0.1, 0.15) is 18.1 Å². The number of aryl methyl sites for hydroxylation is 1. The fraction of sp³-hybridized carbons (Fsp3) is 0.538. The molecule has 0 spiro atoms. The van der Waals surface area contributed by atoms with Gasteiger partial charge in [0.2, 0.25) is 0 Å². The Morgan fingerprint density at radius 2 is 2.06 bits per heavy atom. The highest BCUT2D eigenvalue weighted by atomic mass is 32.2. The van der Waals surface area contributed by atoms with E-state index in [9.17, 15) is 8.42 Å². The first-order valence-electron chi connectivity index (χ1n) is 6.16. The smallest absolute Gasteiger partial charge is 0.182 e.